The van der Waals surface area contributed by atoms with Crippen molar-refractivity contribution in [1.29, 1.82) is 0 Å². The Morgan fingerprint density at radius 3 is 2.47 bits per heavy atom. The van der Waals surface area contributed by atoms with Crippen molar-refractivity contribution in [3.05, 3.63) is 66.2 Å². The largest absolute Gasteiger partial charge is 0.496 e. The van der Waals surface area contributed by atoms with Crippen LogP contribution in [-0.4, -0.2) is 41.1 Å². The van der Waals surface area contributed by atoms with Gasteiger partial charge in [-0.1, -0.05) is 36.4 Å². The maximum Gasteiger partial charge on any atom is 0.241 e. The molecule has 0 spiro atoms. The quantitative estimate of drug-likeness (QED) is 0.633. The van der Waals surface area contributed by atoms with Crippen molar-refractivity contribution in [3.8, 4) is 5.75 Å². The number of rotatable bonds is 6. The van der Waals surface area contributed by atoms with Gasteiger partial charge in [0.25, 0.3) is 0 Å². The third-order valence-electron chi connectivity index (χ3n) is 5.16. The van der Waals surface area contributed by atoms with Gasteiger partial charge in [-0.05, 0) is 29.8 Å². The van der Waals surface area contributed by atoms with Crippen molar-refractivity contribution in [2.45, 2.75) is 11.4 Å². The van der Waals surface area contributed by atoms with Gasteiger partial charge in [-0.15, -0.1) is 0 Å². The number of sulfonamides is 1. The molecule has 1 saturated heterocycles. The van der Waals surface area contributed by atoms with Crippen LogP contribution in [0.25, 0.3) is 10.8 Å². The minimum Gasteiger partial charge on any atom is -0.496 e. The SMILES string of the molecule is COc1ccc(S(=O)(=O)NCc2ccc(N3CCNC(=O)C3)cc2)c2ccccc12. The second-order valence-corrected chi connectivity index (χ2v) is 8.81. The Kier molecular flexibility index (Phi) is 5.61. The number of fused-ring (bicyclic) bond motifs is 1. The molecule has 1 aliphatic heterocycles. The van der Waals surface area contributed by atoms with Gasteiger partial charge in [0, 0.05) is 36.1 Å². The van der Waals surface area contributed by atoms with Crippen LogP contribution in [0.5, 0.6) is 5.75 Å². The summed E-state index contributed by atoms with van der Waals surface area (Å²) in [4.78, 5) is 13.8. The number of nitrogens with zero attached hydrogens (tertiary/aromatic N) is 1. The van der Waals surface area contributed by atoms with E-state index in [1.807, 2.05) is 41.3 Å². The first-order valence-corrected chi connectivity index (χ1v) is 11.1. The van der Waals surface area contributed by atoms with Crippen LogP contribution in [0.2, 0.25) is 0 Å². The lowest BCUT2D eigenvalue weighted by Crippen LogP contribution is -2.47. The molecular formula is C22H23N3O4S. The number of hydrogen-bond acceptors (Lipinski definition) is 5. The molecule has 0 atom stereocenters. The van der Waals surface area contributed by atoms with Crippen LogP contribution in [0.15, 0.2) is 65.6 Å². The van der Waals surface area contributed by atoms with Crippen molar-refractivity contribution < 1.29 is 17.9 Å². The minimum absolute atomic E-state index is 0.00445. The van der Waals surface area contributed by atoms with Crippen LogP contribution < -0.4 is 19.7 Å². The molecule has 0 radical (unpaired) electrons. The molecule has 4 rings (SSSR count). The van der Waals surface area contributed by atoms with Gasteiger partial charge in [0.1, 0.15) is 5.75 Å². The summed E-state index contributed by atoms with van der Waals surface area (Å²) in [6.07, 6.45) is 0. The summed E-state index contributed by atoms with van der Waals surface area (Å²) in [6, 6.07) is 18.1. The van der Waals surface area contributed by atoms with Crippen LogP contribution in [0.1, 0.15) is 5.56 Å². The molecule has 3 aromatic carbocycles. The lowest BCUT2D eigenvalue weighted by molar-refractivity contribution is -0.120. The predicted octanol–water partition coefficient (Wildman–Crippen LogP) is 2.26. The van der Waals surface area contributed by atoms with Crippen LogP contribution in [0.3, 0.4) is 0 Å². The molecule has 1 aliphatic rings. The zero-order valence-electron chi connectivity index (χ0n) is 16.6. The smallest absolute Gasteiger partial charge is 0.241 e. The summed E-state index contributed by atoms with van der Waals surface area (Å²) in [5, 5.41) is 4.16. The molecule has 0 aliphatic carbocycles. The number of ether oxygens (including phenoxy) is 1. The second-order valence-electron chi connectivity index (χ2n) is 7.07. The summed E-state index contributed by atoms with van der Waals surface area (Å²) >= 11 is 0. The first-order chi connectivity index (χ1) is 14.5. The number of amides is 1. The van der Waals surface area contributed by atoms with Gasteiger partial charge in [-0.3, -0.25) is 4.79 Å². The molecule has 1 heterocycles. The van der Waals surface area contributed by atoms with E-state index in [0.717, 1.165) is 23.2 Å². The maximum atomic E-state index is 13.0. The summed E-state index contributed by atoms with van der Waals surface area (Å²) in [6.45, 7) is 1.87. The van der Waals surface area contributed by atoms with E-state index >= 15 is 0 Å². The molecule has 7 nitrogen and oxygen atoms in total. The molecule has 0 aromatic heterocycles. The highest BCUT2D eigenvalue weighted by molar-refractivity contribution is 7.89. The number of carbonyl (C=O) groups is 1. The monoisotopic (exact) mass is 425 g/mol. The maximum absolute atomic E-state index is 13.0. The highest BCUT2D eigenvalue weighted by Crippen LogP contribution is 2.30. The minimum atomic E-state index is -3.72. The number of piperazine rings is 1. The third-order valence-corrected chi connectivity index (χ3v) is 6.62. The summed E-state index contributed by atoms with van der Waals surface area (Å²) in [7, 11) is -2.15. The molecular weight excluding hydrogens is 402 g/mol. The Hall–Kier alpha value is -3.10. The molecule has 1 amide bonds. The predicted molar refractivity (Wildman–Crippen MR) is 116 cm³/mol. The fourth-order valence-electron chi connectivity index (χ4n) is 3.60. The third kappa shape index (κ3) is 4.10. The van der Waals surface area contributed by atoms with E-state index in [4.69, 9.17) is 4.74 Å². The van der Waals surface area contributed by atoms with Crippen LogP contribution in [0, 0.1) is 0 Å². The summed E-state index contributed by atoms with van der Waals surface area (Å²) < 4.78 is 34.0. The fraction of sp³-hybridized carbons (Fsp3) is 0.227. The Morgan fingerprint density at radius 1 is 1.03 bits per heavy atom. The first kappa shape index (κ1) is 20.2. The van der Waals surface area contributed by atoms with Gasteiger partial charge in [-0.25, -0.2) is 13.1 Å². The number of carbonyl (C=O) groups excluding carboxylic acids is 1. The highest BCUT2D eigenvalue weighted by Gasteiger charge is 2.19. The van der Waals surface area contributed by atoms with Gasteiger partial charge in [0.15, 0.2) is 0 Å². The lowest BCUT2D eigenvalue weighted by atomic mass is 10.1. The molecule has 3 aromatic rings. The van der Waals surface area contributed by atoms with E-state index < -0.39 is 10.0 Å². The van der Waals surface area contributed by atoms with Crippen molar-refractivity contribution >= 4 is 32.4 Å². The Labute approximate surface area is 175 Å². The normalized spacial score (nSPS) is 14.6. The second kappa shape index (κ2) is 8.33. The van der Waals surface area contributed by atoms with Crippen LogP contribution >= 0.6 is 0 Å². The average Bonchev–Trinajstić information content (AvgIpc) is 2.77. The lowest BCUT2D eigenvalue weighted by Gasteiger charge is -2.28. The van der Waals surface area contributed by atoms with Crippen LogP contribution in [0.4, 0.5) is 5.69 Å². The van der Waals surface area contributed by atoms with Crippen LogP contribution in [-0.2, 0) is 21.4 Å². The number of hydrogen-bond donors (Lipinski definition) is 2. The number of methoxy groups -OCH3 is 1. The standard InChI is InChI=1S/C22H23N3O4S/c1-29-20-10-11-21(19-5-3-2-4-18(19)20)30(27,28)24-14-16-6-8-17(9-7-16)25-13-12-23-22(26)15-25/h2-11,24H,12-15H2,1H3,(H,23,26). The fourth-order valence-corrected chi connectivity index (χ4v) is 4.82. The van der Waals surface area contributed by atoms with E-state index in [0.29, 0.717) is 24.2 Å². The Balaban J connectivity index is 1.51. The van der Waals surface area contributed by atoms with E-state index in [1.54, 1.807) is 31.4 Å². The van der Waals surface area contributed by atoms with E-state index in [1.165, 1.54) is 0 Å². The summed E-state index contributed by atoms with van der Waals surface area (Å²) in [5.41, 5.74) is 1.78. The zero-order chi connectivity index (χ0) is 21.1. The molecule has 8 heteroatoms. The molecule has 0 unspecified atom stereocenters. The van der Waals surface area contributed by atoms with Crippen molar-refractivity contribution in [1.82, 2.24) is 10.0 Å². The zero-order valence-corrected chi connectivity index (χ0v) is 17.4. The van der Waals surface area contributed by atoms with Crippen molar-refractivity contribution in [3.63, 3.8) is 0 Å². The molecule has 2 N–H and O–H groups in total. The molecule has 1 fully saturated rings. The van der Waals surface area contributed by atoms with E-state index in [-0.39, 0.29) is 17.3 Å². The highest BCUT2D eigenvalue weighted by atomic mass is 32.2. The molecule has 0 saturated carbocycles. The van der Waals surface area contributed by atoms with Gasteiger partial charge in [0.2, 0.25) is 15.9 Å². The van der Waals surface area contributed by atoms with E-state index in [9.17, 15) is 13.2 Å². The molecule has 156 valence electrons. The van der Waals surface area contributed by atoms with Gasteiger partial charge < -0.3 is 15.0 Å². The molecule has 0 bridgehead atoms. The number of anilines is 1. The first-order valence-electron chi connectivity index (χ1n) is 9.64. The Bertz CT molecular complexity index is 1180. The number of nitrogens with one attached hydrogen (secondary N) is 2. The summed E-state index contributed by atoms with van der Waals surface area (Å²) in [5.74, 6) is 0.635. The van der Waals surface area contributed by atoms with Crippen molar-refractivity contribution in [2.75, 3.05) is 31.6 Å². The van der Waals surface area contributed by atoms with Gasteiger partial charge >= 0.3 is 0 Å². The van der Waals surface area contributed by atoms with Crippen molar-refractivity contribution in [2.24, 2.45) is 0 Å². The molecule has 30 heavy (non-hydrogen) atoms. The Morgan fingerprint density at radius 2 is 1.77 bits per heavy atom. The van der Waals surface area contributed by atoms with E-state index in [2.05, 4.69) is 10.0 Å². The van der Waals surface area contributed by atoms with Gasteiger partial charge in [-0.2, -0.15) is 0 Å². The number of benzene rings is 3. The topological polar surface area (TPSA) is 87.7 Å². The van der Waals surface area contributed by atoms with Gasteiger partial charge in [0.05, 0.1) is 18.6 Å². The average molecular weight is 426 g/mol.